The van der Waals surface area contributed by atoms with Crippen LogP contribution < -0.4 is 16.7 Å². The van der Waals surface area contributed by atoms with Crippen LogP contribution in [0.15, 0.2) is 55.4 Å². The molecule has 2 aromatic carbocycles. The first kappa shape index (κ1) is 18.5. The van der Waals surface area contributed by atoms with Crippen molar-refractivity contribution >= 4 is 49.4 Å². The van der Waals surface area contributed by atoms with Gasteiger partial charge in [-0.1, -0.05) is 6.07 Å². The van der Waals surface area contributed by atoms with E-state index >= 15 is 0 Å². The number of aromatic nitrogens is 4. The highest BCUT2D eigenvalue weighted by atomic mass is 79.9. The molecule has 0 spiro atoms. The van der Waals surface area contributed by atoms with Crippen LogP contribution in [-0.4, -0.2) is 32.3 Å². The van der Waals surface area contributed by atoms with Gasteiger partial charge in [0.25, 0.3) is 16.7 Å². The maximum absolute atomic E-state index is 12.3. The van der Waals surface area contributed by atoms with Crippen molar-refractivity contribution in [2.75, 3.05) is 0 Å². The molecule has 0 fully saturated rings. The first-order valence-electron chi connectivity index (χ1n) is 8.04. The lowest BCUT2D eigenvalue weighted by atomic mass is 10.1. The predicted molar refractivity (Wildman–Crippen MR) is 105 cm³/mol. The number of ether oxygens (including phenoxy) is 1. The van der Waals surface area contributed by atoms with Crippen molar-refractivity contribution < 1.29 is 14.3 Å². The van der Waals surface area contributed by atoms with Gasteiger partial charge in [-0.2, -0.15) is 5.10 Å². The highest BCUT2D eigenvalue weighted by molar-refractivity contribution is 9.10. The number of carbonyl (C=O) groups is 2. The molecule has 2 heterocycles. The smallest absolute Gasteiger partial charge is 0.346 e. The zero-order valence-corrected chi connectivity index (χ0v) is 15.8. The normalized spacial score (nSPS) is 10.9. The van der Waals surface area contributed by atoms with Crippen molar-refractivity contribution in [1.29, 1.82) is 0 Å². The Morgan fingerprint density at radius 3 is 1.90 bits per heavy atom. The van der Waals surface area contributed by atoms with Gasteiger partial charge in [0.15, 0.2) is 0 Å². The molecule has 0 saturated carbocycles. The minimum atomic E-state index is -1.01. The minimum absolute atomic E-state index is 0.0229. The number of fused-ring (bicyclic) bond motifs is 2. The van der Waals surface area contributed by atoms with E-state index < -0.39 is 28.6 Å². The number of esters is 2. The number of benzene rings is 2. The lowest BCUT2D eigenvalue weighted by Gasteiger charge is -2.05. The molecule has 0 bridgehead atoms. The summed E-state index contributed by atoms with van der Waals surface area (Å²) in [5, 5.41) is 11.1. The van der Waals surface area contributed by atoms with E-state index in [0.29, 0.717) is 9.99 Å². The van der Waals surface area contributed by atoms with E-state index in [4.69, 9.17) is 4.74 Å². The summed E-state index contributed by atoms with van der Waals surface area (Å²) < 4.78 is 5.23. The average Bonchev–Trinajstić information content (AvgIpc) is 2.73. The average molecular weight is 457 g/mol. The van der Waals surface area contributed by atoms with Gasteiger partial charge < -0.3 is 4.74 Å². The number of carbonyl (C=O) groups excluding carboxylic acids is 2. The Morgan fingerprint density at radius 1 is 0.759 bits per heavy atom. The summed E-state index contributed by atoms with van der Waals surface area (Å²) in [5.41, 5.74) is -1.76. The summed E-state index contributed by atoms with van der Waals surface area (Å²) >= 11 is 3.19. The molecule has 3 N–H and O–H groups in total. The molecule has 4 rings (SSSR count). The van der Waals surface area contributed by atoms with Gasteiger partial charge in [-0.15, -0.1) is 0 Å². The Hall–Kier alpha value is -3.86. The summed E-state index contributed by atoms with van der Waals surface area (Å²) in [7, 11) is 0. The third-order valence-corrected chi connectivity index (χ3v) is 4.80. The fourth-order valence-electron chi connectivity index (χ4n) is 2.77. The second-order valence-corrected chi connectivity index (χ2v) is 6.70. The van der Waals surface area contributed by atoms with Crippen LogP contribution in [-0.2, 0) is 4.74 Å². The third kappa shape index (κ3) is 3.27. The SMILES string of the molecule is O=C(OC(=O)c1ccc2c(=O)[nH][nH]c(=O)c2c1)c1ccc2c(Br)n[nH]c(=O)c2c1. The summed E-state index contributed by atoms with van der Waals surface area (Å²) in [5.74, 6) is -1.99. The number of halogens is 1. The van der Waals surface area contributed by atoms with Crippen LogP contribution in [0.2, 0.25) is 0 Å². The van der Waals surface area contributed by atoms with E-state index in [1.165, 1.54) is 30.3 Å². The highest BCUT2D eigenvalue weighted by Gasteiger charge is 2.18. The third-order valence-electron chi connectivity index (χ3n) is 4.20. The topological polar surface area (TPSA) is 155 Å². The molecule has 0 atom stereocenters. The van der Waals surface area contributed by atoms with E-state index in [2.05, 4.69) is 36.3 Å². The summed E-state index contributed by atoms with van der Waals surface area (Å²) in [6, 6.07) is 7.86. The van der Waals surface area contributed by atoms with E-state index in [0.717, 1.165) is 6.07 Å². The summed E-state index contributed by atoms with van der Waals surface area (Å²) in [6.45, 7) is 0. The van der Waals surface area contributed by atoms with Gasteiger partial charge in [-0.3, -0.25) is 24.6 Å². The second kappa shape index (κ2) is 6.95. The zero-order chi connectivity index (χ0) is 20.7. The lowest BCUT2D eigenvalue weighted by Crippen LogP contribution is -2.20. The Labute approximate surface area is 167 Å². The first-order valence-corrected chi connectivity index (χ1v) is 8.83. The molecule has 0 aliphatic rings. The van der Waals surface area contributed by atoms with E-state index in [1.807, 2.05) is 0 Å². The Balaban J connectivity index is 1.67. The Morgan fingerprint density at radius 2 is 1.28 bits per heavy atom. The van der Waals surface area contributed by atoms with E-state index in [9.17, 15) is 24.0 Å². The Kier molecular flexibility index (Phi) is 4.43. The Bertz CT molecular complexity index is 1500. The van der Waals surface area contributed by atoms with Crippen molar-refractivity contribution in [2.24, 2.45) is 0 Å². The van der Waals surface area contributed by atoms with Crippen LogP contribution in [0, 0.1) is 0 Å². The van der Waals surface area contributed by atoms with Crippen molar-refractivity contribution in [3.63, 3.8) is 0 Å². The first-order chi connectivity index (χ1) is 13.8. The van der Waals surface area contributed by atoms with Gasteiger partial charge in [0.2, 0.25) is 0 Å². The van der Waals surface area contributed by atoms with Crippen LogP contribution in [0.25, 0.3) is 21.5 Å². The molecule has 0 saturated heterocycles. The maximum atomic E-state index is 12.3. The molecule has 29 heavy (non-hydrogen) atoms. The molecule has 2 aromatic heterocycles. The van der Waals surface area contributed by atoms with Gasteiger partial charge in [-0.25, -0.2) is 14.7 Å². The van der Waals surface area contributed by atoms with Crippen LogP contribution in [0.3, 0.4) is 0 Å². The molecule has 0 amide bonds. The fraction of sp³-hybridized carbons (Fsp3) is 0. The van der Waals surface area contributed by atoms with Gasteiger partial charge in [-0.05, 0) is 46.3 Å². The van der Waals surface area contributed by atoms with E-state index in [-0.39, 0.29) is 27.3 Å². The highest BCUT2D eigenvalue weighted by Crippen LogP contribution is 2.20. The molecule has 0 radical (unpaired) electrons. The number of nitrogens with one attached hydrogen (secondary N) is 3. The second-order valence-electron chi connectivity index (χ2n) is 5.95. The number of rotatable bonds is 2. The quantitative estimate of drug-likeness (QED) is 0.302. The molecule has 11 heteroatoms. The van der Waals surface area contributed by atoms with E-state index in [1.54, 1.807) is 0 Å². The summed E-state index contributed by atoms with van der Waals surface area (Å²) in [6.07, 6.45) is 0. The van der Waals surface area contributed by atoms with Crippen LogP contribution in [0.1, 0.15) is 20.7 Å². The molecule has 144 valence electrons. The maximum Gasteiger partial charge on any atom is 0.346 e. The van der Waals surface area contributed by atoms with Crippen molar-refractivity contribution in [1.82, 2.24) is 20.4 Å². The minimum Gasteiger partial charge on any atom is -0.386 e. The number of hydrogen-bond donors (Lipinski definition) is 3. The van der Waals surface area contributed by atoms with Gasteiger partial charge in [0.05, 0.1) is 27.3 Å². The van der Waals surface area contributed by atoms with Gasteiger partial charge >= 0.3 is 11.9 Å². The largest absolute Gasteiger partial charge is 0.386 e. The van der Waals surface area contributed by atoms with Crippen LogP contribution in [0.5, 0.6) is 0 Å². The molecule has 0 aliphatic heterocycles. The standard InChI is InChI=1S/C18H9BrN4O6/c19-13-9-3-1-7(5-11(9)15(25)21-20-13)17(27)29-18(28)8-2-4-10-12(6-8)16(26)23-22-14(10)24/h1-6H,(H,21,25)(H,22,24)(H,23,26). The number of aromatic amines is 3. The molecule has 10 nitrogen and oxygen atoms in total. The lowest BCUT2D eigenvalue weighted by molar-refractivity contribution is 0.0398. The summed E-state index contributed by atoms with van der Waals surface area (Å²) in [4.78, 5) is 60.1. The van der Waals surface area contributed by atoms with Crippen LogP contribution >= 0.6 is 15.9 Å². The molecular weight excluding hydrogens is 448 g/mol. The van der Waals surface area contributed by atoms with Crippen molar-refractivity contribution in [3.05, 3.63) is 83.2 Å². The number of hydrogen-bond acceptors (Lipinski definition) is 7. The number of nitrogens with zero attached hydrogens (tertiary/aromatic N) is 1. The monoisotopic (exact) mass is 456 g/mol. The van der Waals surface area contributed by atoms with Crippen LogP contribution in [0.4, 0.5) is 0 Å². The van der Waals surface area contributed by atoms with Gasteiger partial charge in [0, 0.05) is 5.39 Å². The molecule has 0 unspecified atom stereocenters. The molecule has 0 aliphatic carbocycles. The zero-order valence-electron chi connectivity index (χ0n) is 14.2. The fourth-order valence-corrected chi connectivity index (χ4v) is 3.20. The predicted octanol–water partition coefficient (Wildman–Crippen LogP) is 1.21. The number of H-pyrrole nitrogens is 3. The van der Waals surface area contributed by atoms with Crippen molar-refractivity contribution in [2.45, 2.75) is 0 Å². The molecule has 4 aromatic rings. The van der Waals surface area contributed by atoms with Crippen molar-refractivity contribution in [3.8, 4) is 0 Å². The van der Waals surface area contributed by atoms with Gasteiger partial charge in [0.1, 0.15) is 4.60 Å². The molecular formula is C18H9BrN4O6.